The number of fused-ring (bicyclic) bond motifs is 1. The minimum absolute atomic E-state index is 0.00515. The van der Waals surface area contributed by atoms with E-state index in [9.17, 15) is 14.9 Å². The number of hydrogen-bond acceptors (Lipinski definition) is 5. The third kappa shape index (κ3) is 2.82. The highest BCUT2D eigenvalue weighted by Gasteiger charge is 2.29. The zero-order valence-corrected chi connectivity index (χ0v) is 13.3. The van der Waals surface area contributed by atoms with Crippen molar-refractivity contribution in [2.24, 2.45) is 0 Å². The molecule has 1 heterocycles. The number of carbonyl (C=O) groups is 1. The van der Waals surface area contributed by atoms with Crippen LogP contribution < -0.4 is 9.47 Å². The molecular formula is C18H17NO5. The molecule has 0 N–H and O–H groups in total. The summed E-state index contributed by atoms with van der Waals surface area (Å²) < 4.78 is 10.7. The molecule has 1 aliphatic rings. The summed E-state index contributed by atoms with van der Waals surface area (Å²) in [7, 11) is 0. The maximum Gasteiger partial charge on any atom is 0.284 e. The second kappa shape index (κ2) is 6.70. The third-order valence-electron chi connectivity index (χ3n) is 4.06. The summed E-state index contributed by atoms with van der Waals surface area (Å²) in [6.07, 6.45) is 3.69. The molecule has 0 bridgehead atoms. The van der Waals surface area contributed by atoms with Crippen LogP contribution in [0.3, 0.4) is 0 Å². The molecule has 0 radical (unpaired) electrons. The summed E-state index contributed by atoms with van der Waals surface area (Å²) in [5, 5.41) is 11.3. The highest BCUT2D eigenvalue weighted by atomic mass is 16.7. The van der Waals surface area contributed by atoms with Crippen LogP contribution in [-0.2, 0) is 6.42 Å². The van der Waals surface area contributed by atoms with Crippen LogP contribution in [0.1, 0.15) is 35.7 Å². The topological polar surface area (TPSA) is 78.7 Å². The summed E-state index contributed by atoms with van der Waals surface area (Å²) in [4.78, 5) is 22.2. The quantitative estimate of drug-likeness (QED) is 0.452. The van der Waals surface area contributed by atoms with Gasteiger partial charge in [0.15, 0.2) is 17.8 Å². The Morgan fingerprint density at radius 3 is 2.62 bits per heavy atom. The Hall–Kier alpha value is -2.89. The van der Waals surface area contributed by atoms with Crippen LogP contribution in [0.25, 0.3) is 11.1 Å². The Kier molecular flexibility index (Phi) is 4.46. The molecule has 6 nitrogen and oxygen atoms in total. The average Bonchev–Trinajstić information content (AvgIpc) is 3.06. The van der Waals surface area contributed by atoms with Gasteiger partial charge in [0.2, 0.25) is 6.79 Å². The molecule has 0 saturated carbocycles. The first-order valence-electron chi connectivity index (χ1n) is 7.81. The molecule has 2 aromatic rings. The number of benzene rings is 2. The maximum absolute atomic E-state index is 11.5. The number of nitro groups is 1. The molecule has 1 aliphatic heterocycles. The fraction of sp³-hybridized carbons (Fsp3) is 0.278. The van der Waals surface area contributed by atoms with Gasteiger partial charge in [0.25, 0.3) is 5.69 Å². The minimum atomic E-state index is -0.579. The molecule has 0 atom stereocenters. The highest BCUT2D eigenvalue weighted by molar-refractivity contribution is 5.97. The van der Waals surface area contributed by atoms with Crippen molar-refractivity contribution in [2.45, 2.75) is 26.2 Å². The largest absolute Gasteiger partial charge is 0.453 e. The SMILES string of the molecule is CCCCc1ccc(-c2c(C=O)c([N+](=O)[O-])cc3c2OCO3)cc1. The molecule has 124 valence electrons. The van der Waals surface area contributed by atoms with E-state index in [1.165, 1.54) is 11.6 Å². The fourth-order valence-corrected chi connectivity index (χ4v) is 2.82. The van der Waals surface area contributed by atoms with Gasteiger partial charge in [-0.25, -0.2) is 0 Å². The molecule has 6 heteroatoms. The third-order valence-corrected chi connectivity index (χ3v) is 4.06. The summed E-state index contributed by atoms with van der Waals surface area (Å²) in [6, 6.07) is 8.91. The fourth-order valence-electron chi connectivity index (χ4n) is 2.82. The molecule has 0 spiro atoms. The molecule has 0 unspecified atom stereocenters. The van der Waals surface area contributed by atoms with Gasteiger partial charge in [-0.05, 0) is 24.0 Å². The van der Waals surface area contributed by atoms with E-state index >= 15 is 0 Å². The summed E-state index contributed by atoms with van der Waals surface area (Å²) in [5.74, 6) is 0.668. The number of ether oxygens (including phenoxy) is 2. The van der Waals surface area contributed by atoms with E-state index in [0.29, 0.717) is 23.2 Å². The summed E-state index contributed by atoms with van der Waals surface area (Å²) in [5.41, 5.74) is 2.02. The van der Waals surface area contributed by atoms with E-state index in [1.807, 2.05) is 24.3 Å². The molecule has 0 fully saturated rings. The van der Waals surface area contributed by atoms with E-state index in [4.69, 9.17) is 9.47 Å². The number of nitrogens with zero attached hydrogens (tertiary/aromatic N) is 1. The lowest BCUT2D eigenvalue weighted by molar-refractivity contribution is -0.385. The molecule has 0 saturated heterocycles. The van der Waals surface area contributed by atoms with Crippen molar-refractivity contribution in [3.63, 3.8) is 0 Å². The van der Waals surface area contributed by atoms with Crippen LogP contribution in [0.15, 0.2) is 30.3 Å². The Morgan fingerprint density at radius 2 is 2.00 bits per heavy atom. The van der Waals surface area contributed by atoms with Crippen molar-refractivity contribution in [1.82, 2.24) is 0 Å². The Labute approximate surface area is 139 Å². The van der Waals surface area contributed by atoms with Gasteiger partial charge in [0.1, 0.15) is 5.56 Å². The smallest absolute Gasteiger partial charge is 0.284 e. The number of aldehydes is 1. The molecule has 2 aromatic carbocycles. The van der Waals surface area contributed by atoms with Crippen molar-refractivity contribution in [2.75, 3.05) is 6.79 Å². The van der Waals surface area contributed by atoms with Gasteiger partial charge in [-0.15, -0.1) is 0 Å². The maximum atomic E-state index is 11.5. The number of rotatable bonds is 6. The number of carbonyl (C=O) groups excluding carboxylic acids is 1. The van der Waals surface area contributed by atoms with Crippen LogP contribution in [0.2, 0.25) is 0 Å². The van der Waals surface area contributed by atoms with E-state index in [1.54, 1.807) is 0 Å². The van der Waals surface area contributed by atoms with E-state index in [-0.39, 0.29) is 23.8 Å². The van der Waals surface area contributed by atoms with Crippen LogP contribution in [0.5, 0.6) is 11.5 Å². The van der Waals surface area contributed by atoms with Gasteiger partial charge in [-0.1, -0.05) is 37.6 Å². The monoisotopic (exact) mass is 327 g/mol. The number of nitro benzene ring substituents is 1. The van der Waals surface area contributed by atoms with Crippen molar-refractivity contribution >= 4 is 12.0 Å². The summed E-state index contributed by atoms with van der Waals surface area (Å²) in [6.45, 7) is 2.12. The lowest BCUT2D eigenvalue weighted by atomic mass is 9.95. The van der Waals surface area contributed by atoms with E-state index in [0.717, 1.165) is 19.3 Å². The lowest BCUT2D eigenvalue weighted by Crippen LogP contribution is -1.99. The molecule has 3 rings (SSSR count). The first-order valence-corrected chi connectivity index (χ1v) is 7.81. The van der Waals surface area contributed by atoms with Crippen molar-refractivity contribution in [3.8, 4) is 22.6 Å². The van der Waals surface area contributed by atoms with Crippen LogP contribution in [0.4, 0.5) is 5.69 Å². The Bertz CT molecular complexity index is 783. The van der Waals surface area contributed by atoms with Crippen molar-refractivity contribution < 1.29 is 19.2 Å². The molecule has 0 aromatic heterocycles. The van der Waals surface area contributed by atoms with Crippen molar-refractivity contribution in [3.05, 3.63) is 51.6 Å². The summed E-state index contributed by atoms with van der Waals surface area (Å²) >= 11 is 0. The van der Waals surface area contributed by atoms with Crippen LogP contribution in [0, 0.1) is 10.1 Å². The second-order valence-electron chi connectivity index (χ2n) is 5.59. The Morgan fingerprint density at radius 1 is 1.25 bits per heavy atom. The molecule has 0 aliphatic carbocycles. The van der Waals surface area contributed by atoms with Crippen LogP contribution in [-0.4, -0.2) is 18.0 Å². The average molecular weight is 327 g/mol. The van der Waals surface area contributed by atoms with E-state index in [2.05, 4.69) is 6.92 Å². The number of unbranched alkanes of at least 4 members (excludes halogenated alkanes) is 1. The van der Waals surface area contributed by atoms with Gasteiger partial charge in [0.05, 0.1) is 11.0 Å². The number of aryl methyl sites for hydroxylation is 1. The number of hydrogen-bond donors (Lipinski definition) is 0. The van der Waals surface area contributed by atoms with Gasteiger partial charge in [-0.2, -0.15) is 0 Å². The molecule has 24 heavy (non-hydrogen) atoms. The van der Waals surface area contributed by atoms with E-state index < -0.39 is 4.92 Å². The van der Waals surface area contributed by atoms with Crippen molar-refractivity contribution in [1.29, 1.82) is 0 Å². The van der Waals surface area contributed by atoms with Gasteiger partial charge in [0, 0.05) is 5.56 Å². The normalized spacial score (nSPS) is 12.2. The Balaban J connectivity index is 2.12. The van der Waals surface area contributed by atoms with Gasteiger partial charge in [-0.3, -0.25) is 14.9 Å². The van der Waals surface area contributed by atoms with Crippen LogP contribution >= 0.6 is 0 Å². The van der Waals surface area contributed by atoms with Gasteiger partial charge >= 0.3 is 0 Å². The minimum Gasteiger partial charge on any atom is -0.453 e. The predicted molar refractivity (Wildman–Crippen MR) is 88.7 cm³/mol. The lowest BCUT2D eigenvalue weighted by Gasteiger charge is -2.10. The first-order chi connectivity index (χ1) is 11.7. The zero-order chi connectivity index (χ0) is 17.1. The molecular weight excluding hydrogens is 310 g/mol. The predicted octanol–water partition coefficient (Wildman–Crippen LogP) is 4.15. The first kappa shape index (κ1) is 16.0. The zero-order valence-electron chi connectivity index (χ0n) is 13.3. The second-order valence-corrected chi connectivity index (χ2v) is 5.59. The molecule has 0 amide bonds. The highest BCUT2D eigenvalue weighted by Crippen LogP contribution is 2.47. The standard InChI is InChI=1S/C18H17NO5/c1-2-3-4-12-5-7-13(8-6-12)17-14(10-20)15(19(21)22)9-16-18(17)24-11-23-16/h5-10H,2-4,11H2,1H3. The van der Waals surface area contributed by atoms with Gasteiger partial charge < -0.3 is 9.47 Å².